The van der Waals surface area contributed by atoms with Crippen LogP contribution in [0.3, 0.4) is 0 Å². The van der Waals surface area contributed by atoms with Crippen LogP contribution in [0.5, 0.6) is 11.5 Å². The van der Waals surface area contributed by atoms with Gasteiger partial charge in [-0.25, -0.2) is 4.79 Å². The third kappa shape index (κ3) is 19.2. The highest BCUT2D eigenvalue weighted by Crippen LogP contribution is 2.35. The van der Waals surface area contributed by atoms with Gasteiger partial charge in [0.15, 0.2) is 23.8 Å². The van der Waals surface area contributed by atoms with Crippen LogP contribution in [-0.2, 0) is 54.3 Å². The summed E-state index contributed by atoms with van der Waals surface area (Å²) < 4.78 is 17.7. The Morgan fingerprint density at radius 3 is 1.18 bits per heavy atom. The van der Waals surface area contributed by atoms with Crippen molar-refractivity contribution in [2.75, 3.05) is 26.2 Å². The Bertz CT molecular complexity index is 2560. The highest BCUT2D eigenvalue weighted by atomic mass is 79.9. The SMILES string of the molecule is CC(C)c1ccc(C(Br)C(=O)O[C@H](C)C(=O)N2CCCC2)cc1.CCCc1cc(C(=O)CC)cc(CCC)c1O.CCCc1cc(C(=O)CC)cc(CCC)c1OC(C(=O)O[C@H](C)C(=O)N1CCCC1)c1ccc(C(C)C)cc1. The Kier molecular flexibility index (Phi) is 27.5. The van der Waals surface area contributed by atoms with Crippen molar-refractivity contribution in [2.24, 2.45) is 0 Å². The summed E-state index contributed by atoms with van der Waals surface area (Å²) in [5.74, 6) is 0.767. The number of ketones is 2. The fourth-order valence-corrected chi connectivity index (χ4v) is 10.2. The van der Waals surface area contributed by atoms with Gasteiger partial charge < -0.3 is 29.1 Å². The van der Waals surface area contributed by atoms with E-state index in [0.29, 0.717) is 60.4 Å². The summed E-state index contributed by atoms with van der Waals surface area (Å²) >= 11 is 3.37. The van der Waals surface area contributed by atoms with E-state index < -0.39 is 35.1 Å². The van der Waals surface area contributed by atoms with Crippen LogP contribution >= 0.6 is 15.9 Å². The molecule has 2 heterocycles. The monoisotopic (exact) mass is 1150 g/mol. The topological polar surface area (TPSA) is 157 Å². The third-order valence-electron chi connectivity index (χ3n) is 14.4. The molecular formula is C66H91BrN2O10. The molecule has 2 fully saturated rings. The Hall–Kier alpha value is -5.82. The first-order valence-corrected chi connectivity index (χ1v) is 30.2. The molecule has 0 radical (unpaired) electrons. The number of phenolic OH excluding ortho intramolecular Hbond substituents is 1. The first-order valence-electron chi connectivity index (χ1n) is 29.3. The predicted octanol–water partition coefficient (Wildman–Crippen LogP) is 14.7. The fraction of sp³-hybridized carbons (Fsp3) is 0.545. The van der Waals surface area contributed by atoms with Crippen molar-refractivity contribution < 1.29 is 48.1 Å². The maximum absolute atomic E-state index is 13.7. The molecule has 79 heavy (non-hydrogen) atoms. The number of carbonyl (C=O) groups excluding carboxylic acids is 6. The number of nitrogens with zero attached hydrogens (tertiary/aromatic N) is 2. The van der Waals surface area contributed by atoms with Crippen molar-refractivity contribution in [1.29, 1.82) is 0 Å². The van der Waals surface area contributed by atoms with Crippen LogP contribution in [0.15, 0.2) is 72.8 Å². The molecule has 2 aliphatic rings. The van der Waals surface area contributed by atoms with Crippen molar-refractivity contribution in [2.45, 2.75) is 208 Å². The van der Waals surface area contributed by atoms with E-state index in [1.54, 1.807) is 23.6 Å². The molecular weight excluding hydrogens is 1060 g/mol. The molecule has 2 unspecified atom stereocenters. The molecule has 6 rings (SSSR count). The van der Waals surface area contributed by atoms with Crippen molar-refractivity contribution in [1.82, 2.24) is 9.80 Å². The third-order valence-corrected chi connectivity index (χ3v) is 15.4. The van der Waals surface area contributed by atoms with Crippen LogP contribution in [0.25, 0.3) is 0 Å². The largest absolute Gasteiger partial charge is 0.507 e. The van der Waals surface area contributed by atoms with Crippen molar-refractivity contribution in [3.8, 4) is 11.5 Å². The second kappa shape index (κ2) is 33.1. The zero-order valence-electron chi connectivity index (χ0n) is 49.5. The van der Waals surface area contributed by atoms with E-state index in [2.05, 4.69) is 71.3 Å². The number of esters is 2. The number of rotatable bonds is 24. The van der Waals surface area contributed by atoms with Gasteiger partial charge in [0.1, 0.15) is 16.3 Å². The van der Waals surface area contributed by atoms with Gasteiger partial charge in [-0.15, -0.1) is 0 Å². The Morgan fingerprint density at radius 2 is 0.823 bits per heavy atom. The molecule has 4 aromatic carbocycles. The number of hydrogen-bond acceptors (Lipinski definition) is 10. The Morgan fingerprint density at radius 1 is 0.494 bits per heavy atom. The number of benzene rings is 4. The van der Waals surface area contributed by atoms with Gasteiger partial charge in [0.2, 0.25) is 6.10 Å². The lowest BCUT2D eigenvalue weighted by Gasteiger charge is -2.26. The van der Waals surface area contributed by atoms with E-state index in [4.69, 9.17) is 14.2 Å². The number of likely N-dealkylation sites (tertiary alicyclic amines) is 2. The minimum Gasteiger partial charge on any atom is -0.507 e. The molecule has 0 aromatic heterocycles. The molecule has 0 saturated carbocycles. The maximum Gasteiger partial charge on any atom is 0.352 e. The lowest BCUT2D eigenvalue weighted by atomic mass is 9.95. The maximum atomic E-state index is 13.7. The zero-order chi connectivity index (χ0) is 58.3. The highest BCUT2D eigenvalue weighted by Gasteiger charge is 2.33. The molecule has 4 atom stereocenters. The summed E-state index contributed by atoms with van der Waals surface area (Å²) in [6.07, 6.45) is 9.02. The molecule has 0 bridgehead atoms. The number of aryl methyl sites for hydroxylation is 4. The number of carbonyl (C=O) groups is 6. The number of halogens is 1. The molecule has 4 aromatic rings. The standard InChI is InChI=1S/C33H45NO5.C18H24BrNO3.C15H22O2/c1-7-12-26-20-28(29(35)9-3)21-27(13-8-2)30(26)39-31(25-16-14-24(15-17-25)22(4)5)33(37)38-23(6)32(36)34-18-10-11-19-34;1-12(2)14-6-8-15(9-7-14)16(19)18(22)23-13(3)17(21)20-10-4-5-11-20;1-4-7-11-9-13(14(16)6-3)10-12(8-5-2)15(11)17/h14-17,20-23,31H,7-13,18-19H2,1-6H3;6-9,12-13,16H,4-5,10-11H2,1-3H3;9-10,17H,4-8H2,1-3H3/t23-,31?;13-,16?;/m11./s1. The van der Waals surface area contributed by atoms with E-state index in [1.807, 2.05) is 86.6 Å². The van der Waals surface area contributed by atoms with Crippen molar-refractivity contribution >= 4 is 51.2 Å². The summed E-state index contributed by atoms with van der Waals surface area (Å²) in [5.41, 5.74) is 8.97. The van der Waals surface area contributed by atoms with Gasteiger partial charge in [0.05, 0.1) is 0 Å². The number of ether oxygens (including phenoxy) is 3. The van der Waals surface area contributed by atoms with Gasteiger partial charge in [0, 0.05) is 55.7 Å². The highest BCUT2D eigenvalue weighted by molar-refractivity contribution is 9.09. The molecule has 2 amide bonds. The van der Waals surface area contributed by atoms with Crippen LogP contribution in [0.1, 0.15) is 235 Å². The van der Waals surface area contributed by atoms with Gasteiger partial charge in [0.25, 0.3) is 11.8 Å². The number of phenols is 1. The second-order valence-electron chi connectivity index (χ2n) is 21.5. The Balaban J connectivity index is 0.000000283. The minimum absolute atomic E-state index is 0.0886. The Labute approximate surface area is 480 Å². The molecule has 0 spiro atoms. The van der Waals surface area contributed by atoms with Crippen molar-refractivity contribution in [3.05, 3.63) is 128 Å². The number of Topliss-reactive ketones (excluding diaryl/α,β-unsaturated/α-hetero) is 2. The van der Waals surface area contributed by atoms with Crippen LogP contribution in [0, 0.1) is 0 Å². The summed E-state index contributed by atoms with van der Waals surface area (Å²) in [5, 5.41) is 10.1. The summed E-state index contributed by atoms with van der Waals surface area (Å²) in [6, 6.07) is 23.2. The number of aromatic hydroxyl groups is 1. The molecule has 13 heteroatoms. The lowest BCUT2D eigenvalue weighted by Crippen LogP contribution is -2.39. The number of hydrogen-bond donors (Lipinski definition) is 1. The first kappa shape index (κ1) is 65.7. The molecule has 432 valence electrons. The van der Waals surface area contributed by atoms with Crippen LogP contribution < -0.4 is 4.74 Å². The van der Waals surface area contributed by atoms with E-state index in [-0.39, 0.29) is 23.4 Å². The second-order valence-corrected chi connectivity index (χ2v) is 22.5. The van der Waals surface area contributed by atoms with E-state index >= 15 is 0 Å². The summed E-state index contributed by atoms with van der Waals surface area (Å²) in [6.45, 7) is 26.7. The van der Waals surface area contributed by atoms with E-state index in [1.165, 1.54) is 5.56 Å². The van der Waals surface area contributed by atoms with Gasteiger partial charge in [-0.2, -0.15) is 0 Å². The van der Waals surface area contributed by atoms with Gasteiger partial charge in [-0.05, 0) is 140 Å². The van der Waals surface area contributed by atoms with Crippen LogP contribution in [0.4, 0.5) is 0 Å². The molecule has 2 aliphatic heterocycles. The molecule has 12 nitrogen and oxygen atoms in total. The van der Waals surface area contributed by atoms with Crippen LogP contribution in [-0.4, -0.2) is 88.6 Å². The molecule has 0 aliphatic carbocycles. The summed E-state index contributed by atoms with van der Waals surface area (Å²) in [4.78, 5) is 78.4. The predicted molar refractivity (Wildman–Crippen MR) is 319 cm³/mol. The van der Waals surface area contributed by atoms with E-state index in [9.17, 15) is 33.9 Å². The average molecular weight is 1150 g/mol. The molecule has 2 saturated heterocycles. The van der Waals surface area contributed by atoms with Crippen molar-refractivity contribution in [3.63, 3.8) is 0 Å². The summed E-state index contributed by atoms with van der Waals surface area (Å²) in [7, 11) is 0. The number of alkyl halides is 1. The quantitative estimate of drug-likeness (QED) is 0.0407. The fourth-order valence-electron chi connectivity index (χ4n) is 9.80. The number of amides is 2. The van der Waals surface area contributed by atoms with E-state index in [0.717, 1.165) is 129 Å². The smallest absolute Gasteiger partial charge is 0.352 e. The average Bonchev–Trinajstić information content (AvgIpc) is 4.22. The normalized spacial score (nSPS) is 14.6. The first-order chi connectivity index (χ1) is 37.7. The van der Waals surface area contributed by atoms with Gasteiger partial charge >= 0.3 is 11.9 Å². The zero-order valence-corrected chi connectivity index (χ0v) is 51.1. The molecule has 1 N–H and O–H groups in total. The minimum atomic E-state index is -1.04. The van der Waals surface area contributed by atoms with Crippen LogP contribution in [0.2, 0.25) is 0 Å². The van der Waals surface area contributed by atoms with Gasteiger partial charge in [-0.1, -0.05) is 159 Å². The van der Waals surface area contributed by atoms with Gasteiger partial charge in [-0.3, -0.25) is 24.0 Å². The lowest BCUT2D eigenvalue weighted by molar-refractivity contribution is -0.164.